The molecular formula is C10H22O2S2. The van der Waals surface area contributed by atoms with E-state index in [0.717, 1.165) is 37.9 Å². The maximum atomic E-state index is 5.25. The maximum Gasteiger partial charge on any atom is 0.0556 e. The molecule has 0 amide bonds. The Morgan fingerprint density at radius 2 is 1.14 bits per heavy atom. The Morgan fingerprint density at radius 3 is 1.50 bits per heavy atom. The summed E-state index contributed by atoms with van der Waals surface area (Å²) in [6, 6.07) is 0. The second-order valence-electron chi connectivity index (χ2n) is 2.62. The lowest BCUT2D eigenvalue weighted by molar-refractivity contribution is 0.164. The molecule has 0 rings (SSSR count). The molecule has 0 fully saturated rings. The summed E-state index contributed by atoms with van der Waals surface area (Å²) in [5.74, 6) is 4.70. The van der Waals surface area contributed by atoms with Gasteiger partial charge in [0.15, 0.2) is 0 Å². The number of ether oxygens (including phenoxy) is 2. The lowest BCUT2D eigenvalue weighted by Gasteiger charge is -2.02. The first-order chi connectivity index (χ1) is 6.91. The molecule has 0 aliphatic carbocycles. The summed E-state index contributed by atoms with van der Waals surface area (Å²) in [7, 11) is 0. The zero-order valence-corrected chi connectivity index (χ0v) is 10.9. The predicted molar refractivity (Wildman–Crippen MR) is 67.6 cm³/mol. The highest BCUT2D eigenvalue weighted by Gasteiger charge is 1.91. The second kappa shape index (κ2) is 13.6. The van der Waals surface area contributed by atoms with E-state index >= 15 is 0 Å². The van der Waals surface area contributed by atoms with E-state index in [1.807, 2.05) is 37.4 Å². The molecule has 0 unspecified atom stereocenters. The second-order valence-corrected chi connectivity index (χ2v) is 5.07. The lowest BCUT2D eigenvalue weighted by Crippen LogP contribution is -1.99. The highest BCUT2D eigenvalue weighted by atomic mass is 32.2. The summed E-state index contributed by atoms with van der Waals surface area (Å²) < 4.78 is 10.5. The van der Waals surface area contributed by atoms with Gasteiger partial charge in [-0.3, -0.25) is 0 Å². The van der Waals surface area contributed by atoms with Crippen molar-refractivity contribution in [2.75, 3.05) is 49.4 Å². The van der Waals surface area contributed by atoms with Gasteiger partial charge in [-0.25, -0.2) is 0 Å². The molecule has 86 valence electrons. The zero-order valence-electron chi connectivity index (χ0n) is 9.29. The molecule has 0 aliphatic heterocycles. The van der Waals surface area contributed by atoms with Gasteiger partial charge in [-0.05, 0) is 13.8 Å². The number of rotatable bonds is 11. The monoisotopic (exact) mass is 238 g/mol. The number of thioether (sulfide) groups is 2. The third-order valence-electron chi connectivity index (χ3n) is 1.52. The fourth-order valence-electron chi connectivity index (χ4n) is 0.846. The number of hydrogen-bond acceptors (Lipinski definition) is 4. The molecule has 0 aromatic carbocycles. The molecule has 0 spiro atoms. The van der Waals surface area contributed by atoms with Gasteiger partial charge in [0.05, 0.1) is 13.2 Å². The van der Waals surface area contributed by atoms with Gasteiger partial charge in [0, 0.05) is 36.2 Å². The van der Waals surface area contributed by atoms with E-state index in [1.165, 1.54) is 11.5 Å². The number of hydrogen-bond donors (Lipinski definition) is 0. The first kappa shape index (κ1) is 14.6. The van der Waals surface area contributed by atoms with E-state index < -0.39 is 0 Å². The molecule has 2 nitrogen and oxygen atoms in total. The molecule has 0 aliphatic rings. The lowest BCUT2D eigenvalue weighted by atomic mass is 10.8. The van der Waals surface area contributed by atoms with Crippen LogP contribution in [0.2, 0.25) is 0 Å². The summed E-state index contributed by atoms with van der Waals surface area (Å²) >= 11 is 3.94. The van der Waals surface area contributed by atoms with Crippen LogP contribution in [0.25, 0.3) is 0 Å². The smallest absolute Gasteiger partial charge is 0.0556 e. The largest absolute Gasteiger partial charge is 0.381 e. The van der Waals surface area contributed by atoms with E-state index in [4.69, 9.17) is 9.47 Å². The molecule has 0 N–H and O–H groups in total. The third kappa shape index (κ3) is 12.6. The van der Waals surface area contributed by atoms with Gasteiger partial charge in [-0.2, -0.15) is 23.5 Å². The summed E-state index contributed by atoms with van der Waals surface area (Å²) in [6.07, 6.45) is 0. The van der Waals surface area contributed by atoms with Crippen LogP contribution >= 0.6 is 23.5 Å². The van der Waals surface area contributed by atoms with Gasteiger partial charge >= 0.3 is 0 Å². The summed E-state index contributed by atoms with van der Waals surface area (Å²) in [5, 5.41) is 0. The average Bonchev–Trinajstić information content (AvgIpc) is 2.21. The summed E-state index contributed by atoms with van der Waals surface area (Å²) in [5.41, 5.74) is 0. The maximum absolute atomic E-state index is 5.25. The van der Waals surface area contributed by atoms with Crippen molar-refractivity contribution in [1.29, 1.82) is 0 Å². The topological polar surface area (TPSA) is 18.5 Å². The van der Waals surface area contributed by atoms with Crippen LogP contribution in [0.15, 0.2) is 0 Å². The van der Waals surface area contributed by atoms with Crippen LogP contribution < -0.4 is 0 Å². The molecule has 0 atom stereocenters. The Balaban J connectivity index is 2.78. The Kier molecular flexibility index (Phi) is 14.2. The van der Waals surface area contributed by atoms with Crippen molar-refractivity contribution in [2.24, 2.45) is 0 Å². The fourth-order valence-corrected chi connectivity index (χ4v) is 2.67. The highest BCUT2D eigenvalue weighted by molar-refractivity contribution is 8.02. The fraction of sp³-hybridized carbons (Fsp3) is 1.00. The Hall–Kier alpha value is 0.620. The minimum Gasteiger partial charge on any atom is -0.381 e. The van der Waals surface area contributed by atoms with Crippen molar-refractivity contribution < 1.29 is 9.47 Å². The molecule has 4 heteroatoms. The van der Waals surface area contributed by atoms with Crippen LogP contribution in [0.5, 0.6) is 0 Å². The zero-order chi connectivity index (χ0) is 10.5. The van der Waals surface area contributed by atoms with Crippen LogP contribution in [-0.2, 0) is 9.47 Å². The van der Waals surface area contributed by atoms with Gasteiger partial charge in [-0.15, -0.1) is 0 Å². The SMILES string of the molecule is CCOCCSCCSCCOCC. The van der Waals surface area contributed by atoms with Crippen LogP contribution in [0, 0.1) is 0 Å². The van der Waals surface area contributed by atoms with Crippen molar-refractivity contribution in [3.05, 3.63) is 0 Å². The molecule has 0 bridgehead atoms. The van der Waals surface area contributed by atoms with Crippen molar-refractivity contribution in [1.82, 2.24) is 0 Å². The van der Waals surface area contributed by atoms with Gasteiger partial charge < -0.3 is 9.47 Å². The van der Waals surface area contributed by atoms with Gasteiger partial charge in [-0.1, -0.05) is 0 Å². The van der Waals surface area contributed by atoms with Crippen LogP contribution in [0.4, 0.5) is 0 Å². The van der Waals surface area contributed by atoms with Crippen LogP contribution in [-0.4, -0.2) is 49.4 Å². The predicted octanol–water partition coefficient (Wildman–Crippen LogP) is 2.53. The van der Waals surface area contributed by atoms with Crippen molar-refractivity contribution >= 4 is 23.5 Å². The molecule has 14 heavy (non-hydrogen) atoms. The Morgan fingerprint density at radius 1 is 0.714 bits per heavy atom. The van der Waals surface area contributed by atoms with Gasteiger partial charge in [0.1, 0.15) is 0 Å². The molecule has 0 radical (unpaired) electrons. The average molecular weight is 238 g/mol. The third-order valence-corrected chi connectivity index (χ3v) is 3.68. The minimum atomic E-state index is 0.837. The minimum absolute atomic E-state index is 0.837. The van der Waals surface area contributed by atoms with Crippen LogP contribution in [0.1, 0.15) is 13.8 Å². The molecule has 0 heterocycles. The molecule has 0 saturated heterocycles. The van der Waals surface area contributed by atoms with Gasteiger partial charge in [0.2, 0.25) is 0 Å². The van der Waals surface area contributed by atoms with Crippen molar-refractivity contribution in [3.63, 3.8) is 0 Å². The normalized spacial score (nSPS) is 10.7. The molecular weight excluding hydrogens is 216 g/mol. The molecule has 0 saturated carbocycles. The van der Waals surface area contributed by atoms with Crippen LogP contribution in [0.3, 0.4) is 0 Å². The first-order valence-corrected chi connectivity index (χ1v) is 7.53. The van der Waals surface area contributed by atoms with Gasteiger partial charge in [0.25, 0.3) is 0 Å². The van der Waals surface area contributed by atoms with E-state index in [0.29, 0.717) is 0 Å². The summed E-state index contributed by atoms with van der Waals surface area (Å²) in [4.78, 5) is 0. The summed E-state index contributed by atoms with van der Waals surface area (Å²) in [6.45, 7) is 7.53. The highest BCUT2D eigenvalue weighted by Crippen LogP contribution is 2.06. The van der Waals surface area contributed by atoms with Crippen molar-refractivity contribution in [3.8, 4) is 0 Å². The van der Waals surface area contributed by atoms with Crippen molar-refractivity contribution in [2.45, 2.75) is 13.8 Å². The molecule has 0 aromatic heterocycles. The van der Waals surface area contributed by atoms with E-state index in [2.05, 4.69) is 0 Å². The first-order valence-electron chi connectivity index (χ1n) is 5.22. The standard InChI is InChI=1S/C10H22O2S2/c1-3-11-5-7-13-9-10-14-8-6-12-4-2/h3-10H2,1-2H3. The molecule has 0 aromatic rings. The quantitative estimate of drug-likeness (QED) is 0.515. The van der Waals surface area contributed by atoms with E-state index in [1.54, 1.807) is 0 Å². The van der Waals surface area contributed by atoms with E-state index in [9.17, 15) is 0 Å². The Labute approximate surface area is 96.5 Å². The Bertz CT molecular complexity index is 90.1. The van der Waals surface area contributed by atoms with E-state index in [-0.39, 0.29) is 0 Å².